The summed E-state index contributed by atoms with van der Waals surface area (Å²) in [4.78, 5) is 101. The molecule has 10 rings (SSSR count). The molecule has 4 saturated heterocycles. The van der Waals surface area contributed by atoms with Gasteiger partial charge in [0.15, 0.2) is 0 Å². The lowest BCUT2D eigenvalue weighted by Gasteiger charge is -2.27. The Morgan fingerprint density at radius 1 is 0.680 bits per heavy atom. The van der Waals surface area contributed by atoms with Crippen LogP contribution in [0.15, 0.2) is 84.9 Å². The number of nitrogens with one attached hydrogen (secondary N) is 5. The van der Waals surface area contributed by atoms with Crippen LogP contribution in [0.5, 0.6) is 11.5 Å². The maximum atomic E-state index is 13.5. The lowest BCUT2D eigenvalue weighted by Crippen LogP contribution is -2.44. The van der Waals surface area contributed by atoms with Crippen LogP contribution in [0.4, 0.5) is 30.6 Å². The minimum Gasteiger partial charge on any atom is -0.497 e. The van der Waals surface area contributed by atoms with Gasteiger partial charge in [-0.2, -0.15) is 0 Å². The van der Waals surface area contributed by atoms with Gasteiger partial charge in [0.2, 0.25) is 17.1 Å². The van der Waals surface area contributed by atoms with E-state index in [1.165, 1.54) is 32.5 Å². The summed E-state index contributed by atoms with van der Waals surface area (Å²) in [7, 11) is 6.31. The molecule has 0 aromatic heterocycles. The Labute approximate surface area is 435 Å². The van der Waals surface area contributed by atoms with Gasteiger partial charge >= 0.3 is 30.2 Å². The van der Waals surface area contributed by atoms with Crippen molar-refractivity contribution in [3.8, 4) is 11.5 Å². The monoisotopic (exact) mass is 1030 g/mol. The van der Waals surface area contributed by atoms with E-state index >= 15 is 0 Å². The Kier molecular flexibility index (Phi) is 17.8. The molecule has 4 aromatic carbocycles. The Hall–Kier alpha value is -8.20. The highest BCUT2D eigenvalue weighted by atomic mass is 16.6. The lowest BCUT2D eigenvalue weighted by atomic mass is 9.94. The fraction of sp³-hybridized carbons (Fsp3) is 0.407. The van der Waals surface area contributed by atoms with E-state index in [2.05, 4.69) is 38.7 Å². The van der Waals surface area contributed by atoms with E-state index in [4.69, 9.17) is 24.1 Å². The number of likely N-dealkylation sites (tertiary alicyclic amines) is 1. The zero-order valence-corrected chi connectivity index (χ0v) is 40.9. The number of imide groups is 2. The number of anilines is 2. The predicted octanol–water partition coefficient (Wildman–Crippen LogP) is 6.97. The first-order chi connectivity index (χ1) is 35.1. The van der Waals surface area contributed by atoms with Gasteiger partial charge < -0.3 is 55.5 Å². The van der Waals surface area contributed by atoms with Crippen molar-refractivity contribution in [1.29, 1.82) is 0 Å². The van der Waals surface area contributed by atoms with Gasteiger partial charge in [0.05, 0.1) is 20.3 Å². The van der Waals surface area contributed by atoms with Gasteiger partial charge in [-0.25, -0.2) is 29.0 Å². The first-order valence-corrected chi connectivity index (χ1v) is 24.0. The molecule has 0 bridgehead atoms. The minimum absolute atomic E-state index is 0. The van der Waals surface area contributed by atoms with Crippen molar-refractivity contribution in [2.45, 2.75) is 89.5 Å². The van der Waals surface area contributed by atoms with Gasteiger partial charge in [0.1, 0.15) is 24.6 Å². The SMILES string of the molecule is C.C.CNC(=O)Nc1ccc2c(c1)CC[C@@]21OC(=O)N(CC(=O)N2CCCC2c2cccc(OC)c2)C1=O.CNC(=O)Nc1ccc2c(c1)CC[C@@]21OC(=O)N(CC(=O)O)C1=O.COc1cccc(C2CCCN2)c1. The van der Waals surface area contributed by atoms with E-state index in [0.29, 0.717) is 58.6 Å². The normalized spacial score (nSPS) is 21.5. The van der Waals surface area contributed by atoms with Crippen molar-refractivity contribution in [2.75, 3.05) is 65.1 Å². The first-order valence-electron chi connectivity index (χ1n) is 24.0. The summed E-state index contributed by atoms with van der Waals surface area (Å²) in [6.45, 7) is 0.589. The van der Waals surface area contributed by atoms with Crippen molar-refractivity contribution in [3.05, 3.63) is 118 Å². The third-order valence-electron chi connectivity index (χ3n) is 13.9. The second-order valence-electron chi connectivity index (χ2n) is 18.2. The van der Waals surface area contributed by atoms with Gasteiger partial charge in [0.25, 0.3) is 11.8 Å². The number of benzene rings is 4. The molecule has 21 nitrogen and oxygen atoms in total. The average Bonchev–Trinajstić information content (AvgIpc) is 4.28. The quantitative estimate of drug-likeness (QED) is 0.0938. The number of urea groups is 2. The zero-order valence-electron chi connectivity index (χ0n) is 40.9. The number of rotatable bonds is 10. The molecule has 4 heterocycles. The van der Waals surface area contributed by atoms with Crippen LogP contribution in [0.3, 0.4) is 0 Å². The third-order valence-corrected chi connectivity index (χ3v) is 13.9. The van der Waals surface area contributed by atoms with E-state index in [-0.39, 0.29) is 58.3 Å². The number of aliphatic carboxylic acids is 1. The number of carboxylic acid groups (broad SMARTS) is 1. The van der Waals surface area contributed by atoms with Gasteiger partial charge in [-0.05, 0) is 116 Å². The maximum absolute atomic E-state index is 13.5. The number of carbonyl (C=O) groups is 8. The summed E-state index contributed by atoms with van der Waals surface area (Å²) < 4.78 is 21.4. The van der Waals surface area contributed by atoms with Crippen LogP contribution in [0.2, 0.25) is 0 Å². The molecule has 9 amide bonds. The van der Waals surface area contributed by atoms with Crippen LogP contribution in [-0.2, 0) is 52.7 Å². The number of hydrogen-bond acceptors (Lipinski definition) is 13. The Morgan fingerprint density at radius 3 is 1.67 bits per heavy atom. The molecule has 75 heavy (non-hydrogen) atoms. The van der Waals surface area contributed by atoms with Crippen LogP contribution >= 0.6 is 0 Å². The summed E-state index contributed by atoms with van der Waals surface area (Å²) in [5, 5.41) is 22.5. The highest BCUT2D eigenvalue weighted by Gasteiger charge is 2.60. The number of amides is 9. The fourth-order valence-corrected chi connectivity index (χ4v) is 10.3. The molecule has 4 fully saturated rings. The van der Waals surface area contributed by atoms with Gasteiger partial charge in [0, 0.05) is 62.0 Å². The number of aryl methyl sites for hydroxylation is 2. The number of ether oxygens (including phenoxy) is 4. The molecular weight excluding hydrogens is 969 g/mol. The van der Waals surface area contributed by atoms with Crippen LogP contribution < -0.4 is 36.1 Å². The number of carboxylic acids is 1. The summed E-state index contributed by atoms with van der Waals surface area (Å²) >= 11 is 0. The second kappa shape index (κ2) is 23.8. The smallest absolute Gasteiger partial charge is 0.418 e. The molecule has 4 aromatic rings. The molecule has 2 unspecified atom stereocenters. The Balaban J connectivity index is 0.000000201. The highest BCUT2D eigenvalue weighted by molar-refractivity contribution is 6.07. The topological polar surface area (TPSA) is 264 Å². The predicted molar refractivity (Wildman–Crippen MR) is 276 cm³/mol. The molecule has 4 aliphatic heterocycles. The van der Waals surface area contributed by atoms with Crippen molar-refractivity contribution in [1.82, 2.24) is 30.7 Å². The molecular formula is C54H66N8O13. The van der Waals surface area contributed by atoms with Gasteiger partial charge in [-0.15, -0.1) is 0 Å². The molecule has 6 aliphatic rings. The number of nitrogens with zero attached hydrogens (tertiary/aromatic N) is 3. The Bertz CT molecular complexity index is 2840. The maximum Gasteiger partial charge on any atom is 0.418 e. The number of methoxy groups -OCH3 is 2. The molecule has 400 valence electrons. The van der Waals surface area contributed by atoms with Crippen molar-refractivity contribution < 1.29 is 62.4 Å². The van der Waals surface area contributed by atoms with Crippen LogP contribution in [0.25, 0.3) is 0 Å². The molecule has 0 radical (unpaired) electrons. The van der Waals surface area contributed by atoms with E-state index in [1.54, 1.807) is 55.5 Å². The van der Waals surface area contributed by atoms with Gasteiger partial charge in [-0.3, -0.25) is 19.2 Å². The minimum atomic E-state index is -1.46. The number of fused-ring (bicyclic) bond motifs is 4. The van der Waals surface area contributed by atoms with Crippen molar-refractivity contribution >= 4 is 59.3 Å². The molecule has 21 heteroatoms. The average molecular weight is 1040 g/mol. The van der Waals surface area contributed by atoms with Crippen molar-refractivity contribution in [2.24, 2.45) is 0 Å². The summed E-state index contributed by atoms with van der Waals surface area (Å²) in [5.74, 6) is -1.12. The third kappa shape index (κ3) is 11.5. The largest absolute Gasteiger partial charge is 0.497 e. The molecule has 2 aliphatic carbocycles. The standard InChI is InChI=1S/C26H28N4O6.C15H15N3O6.C11H15NO.2CH4/c1-27-24(33)28-18-8-9-20-16(13-18)10-11-26(20)23(32)30(25(34)36-26)15-22(31)29-12-4-7-21(29)17-5-3-6-19(14-17)35-2;1-16-13(22)17-9-2-3-10-8(6-9)4-5-15(10)12(21)18(7-11(19)20)14(23)24-15;1-13-10-5-2-4-9(8-10)11-6-3-7-12-11;;/h3,5-6,8-9,13-14,21H,4,7,10-12,15H2,1-2H3,(H2,27,28,33);2-3,6H,4-5,7H2,1H3,(H,19,20)(H2,16,17,22);2,4-5,8,11-12H,3,6-7H2,1H3;2*1H4/t21?,26-;15-;;;/m11.../s1. The highest BCUT2D eigenvalue weighted by Crippen LogP contribution is 2.47. The van der Waals surface area contributed by atoms with E-state index < -0.39 is 47.7 Å². The lowest BCUT2D eigenvalue weighted by molar-refractivity contribution is -0.144. The zero-order chi connectivity index (χ0) is 52.0. The summed E-state index contributed by atoms with van der Waals surface area (Å²) in [6, 6.07) is 25.6. The second-order valence-corrected chi connectivity index (χ2v) is 18.2. The summed E-state index contributed by atoms with van der Waals surface area (Å²) in [6.07, 6.45) is 3.88. The molecule has 6 N–H and O–H groups in total. The number of hydrogen-bond donors (Lipinski definition) is 6. The molecule has 2 spiro atoms. The van der Waals surface area contributed by atoms with Crippen LogP contribution in [0.1, 0.15) is 98.8 Å². The summed E-state index contributed by atoms with van der Waals surface area (Å²) in [5.41, 5.74) is 3.22. The van der Waals surface area contributed by atoms with E-state index in [0.717, 1.165) is 46.7 Å². The fourth-order valence-electron chi connectivity index (χ4n) is 10.3. The first kappa shape index (κ1) is 56.1. The van der Waals surface area contributed by atoms with Crippen molar-refractivity contribution in [3.63, 3.8) is 0 Å². The molecule has 0 saturated carbocycles. The number of carbonyl (C=O) groups excluding carboxylic acids is 7. The Morgan fingerprint density at radius 2 is 1.19 bits per heavy atom. The van der Waals surface area contributed by atoms with Crippen LogP contribution in [-0.4, -0.2) is 122 Å². The van der Waals surface area contributed by atoms with Crippen LogP contribution in [0, 0.1) is 0 Å². The van der Waals surface area contributed by atoms with E-state index in [9.17, 15) is 38.4 Å². The van der Waals surface area contributed by atoms with Gasteiger partial charge in [-0.1, -0.05) is 51.3 Å². The van der Waals surface area contributed by atoms with E-state index in [1.807, 2.05) is 36.4 Å². The molecule has 4 atom stereocenters.